The molecule has 1 aliphatic heterocycles. The Balaban J connectivity index is 1.66. The molecule has 1 aromatic carbocycles. The van der Waals surface area contributed by atoms with E-state index in [9.17, 15) is 18.0 Å². The minimum atomic E-state index is -3.08. The van der Waals surface area contributed by atoms with Crippen molar-refractivity contribution >= 4 is 33.3 Å². The standard InChI is InChI=1S/C17H18N4O5S/c1-26-16(23)11-2-4-12(5-3-11)20-17-18-8-6-14(21-17)15(22)19-13-7-9-27(24,25)10-13/h2-6,8,13H,7,9-10H2,1H3,(H,19,22)(H,18,20,21). The zero-order valence-corrected chi connectivity index (χ0v) is 15.3. The highest BCUT2D eigenvalue weighted by molar-refractivity contribution is 7.91. The number of anilines is 2. The minimum absolute atomic E-state index is 0.0541. The van der Waals surface area contributed by atoms with E-state index in [2.05, 4.69) is 25.3 Å². The summed E-state index contributed by atoms with van der Waals surface area (Å²) in [6, 6.07) is 7.54. The SMILES string of the molecule is COC(=O)c1ccc(Nc2nccc(C(=O)NC3CCS(=O)(=O)C3)n2)cc1. The monoisotopic (exact) mass is 390 g/mol. The third kappa shape index (κ3) is 4.79. The number of nitrogens with zero attached hydrogens (tertiary/aromatic N) is 2. The van der Waals surface area contributed by atoms with Gasteiger partial charge in [-0.1, -0.05) is 0 Å². The molecule has 1 amide bonds. The molecule has 2 aromatic rings. The van der Waals surface area contributed by atoms with Gasteiger partial charge in [-0.3, -0.25) is 4.79 Å². The average Bonchev–Trinajstić information content (AvgIpc) is 3.00. The van der Waals surface area contributed by atoms with Gasteiger partial charge >= 0.3 is 5.97 Å². The van der Waals surface area contributed by atoms with Gasteiger partial charge in [-0.15, -0.1) is 0 Å². The highest BCUT2D eigenvalue weighted by Gasteiger charge is 2.29. The summed E-state index contributed by atoms with van der Waals surface area (Å²) in [7, 11) is -1.77. The van der Waals surface area contributed by atoms with Crippen LogP contribution in [0.2, 0.25) is 0 Å². The molecule has 1 saturated heterocycles. The summed E-state index contributed by atoms with van der Waals surface area (Å²) in [5.41, 5.74) is 1.16. The summed E-state index contributed by atoms with van der Waals surface area (Å²) in [5, 5.41) is 5.62. The van der Waals surface area contributed by atoms with E-state index in [1.165, 1.54) is 19.4 Å². The van der Waals surface area contributed by atoms with Crippen LogP contribution in [0.1, 0.15) is 27.3 Å². The van der Waals surface area contributed by atoms with E-state index < -0.39 is 27.8 Å². The number of benzene rings is 1. The number of methoxy groups -OCH3 is 1. The number of aromatic nitrogens is 2. The van der Waals surface area contributed by atoms with Crippen molar-refractivity contribution in [2.45, 2.75) is 12.5 Å². The quantitative estimate of drug-likeness (QED) is 0.722. The number of hydrogen-bond acceptors (Lipinski definition) is 8. The number of nitrogens with one attached hydrogen (secondary N) is 2. The second kappa shape index (κ2) is 7.70. The van der Waals surface area contributed by atoms with Crippen molar-refractivity contribution in [1.82, 2.24) is 15.3 Å². The Morgan fingerprint density at radius 2 is 1.93 bits per heavy atom. The molecule has 1 aromatic heterocycles. The third-order valence-corrected chi connectivity index (χ3v) is 5.79. The molecule has 142 valence electrons. The van der Waals surface area contributed by atoms with Crippen LogP contribution < -0.4 is 10.6 Å². The van der Waals surface area contributed by atoms with Gasteiger partial charge in [-0.2, -0.15) is 0 Å². The van der Waals surface area contributed by atoms with Gasteiger partial charge in [0.1, 0.15) is 5.69 Å². The topological polar surface area (TPSA) is 127 Å². The largest absolute Gasteiger partial charge is 0.465 e. The number of ether oxygens (including phenoxy) is 1. The molecule has 0 bridgehead atoms. The van der Waals surface area contributed by atoms with Crippen LogP contribution in [0, 0.1) is 0 Å². The molecule has 1 aliphatic rings. The average molecular weight is 390 g/mol. The number of amides is 1. The lowest BCUT2D eigenvalue weighted by molar-refractivity contribution is 0.0600. The summed E-state index contributed by atoms with van der Waals surface area (Å²) < 4.78 is 27.6. The number of carbonyl (C=O) groups excluding carboxylic acids is 2. The van der Waals surface area contributed by atoms with Crippen LogP contribution in [0.15, 0.2) is 36.5 Å². The number of esters is 1. The molecule has 27 heavy (non-hydrogen) atoms. The zero-order valence-electron chi connectivity index (χ0n) is 14.5. The van der Waals surface area contributed by atoms with Crippen molar-refractivity contribution in [1.29, 1.82) is 0 Å². The van der Waals surface area contributed by atoms with E-state index in [0.717, 1.165) is 0 Å². The summed E-state index contributed by atoms with van der Waals surface area (Å²) in [6.45, 7) is 0. The summed E-state index contributed by atoms with van der Waals surface area (Å²) in [6.07, 6.45) is 1.83. The predicted molar refractivity (Wildman–Crippen MR) is 97.6 cm³/mol. The molecule has 3 rings (SSSR count). The van der Waals surface area contributed by atoms with Crippen LogP contribution in [-0.4, -0.2) is 54.9 Å². The zero-order chi connectivity index (χ0) is 19.4. The third-order valence-electron chi connectivity index (χ3n) is 4.02. The van der Waals surface area contributed by atoms with E-state index in [1.807, 2.05) is 0 Å². The van der Waals surface area contributed by atoms with Crippen molar-refractivity contribution in [2.75, 3.05) is 23.9 Å². The van der Waals surface area contributed by atoms with Crippen molar-refractivity contribution in [3.05, 3.63) is 47.8 Å². The van der Waals surface area contributed by atoms with Gasteiger partial charge < -0.3 is 15.4 Å². The van der Waals surface area contributed by atoms with Crippen LogP contribution in [-0.2, 0) is 14.6 Å². The number of hydrogen-bond donors (Lipinski definition) is 2. The fourth-order valence-corrected chi connectivity index (χ4v) is 4.32. The lowest BCUT2D eigenvalue weighted by atomic mass is 10.2. The molecular formula is C17H18N4O5S. The Morgan fingerprint density at radius 3 is 2.56 bits per heavy atom. The first-order chi connectivity index (χ1) is 12.9. The van der Waals surface area contributed by atoms with Crippen LogP contribution in [0.25, 0.3) is 0 Å². The molecule has 0 saturated carbocycles. The van der Waals surface area contributed by atoms with E-state index in [1.54, 1.807) is 24.3 Å². The Labute approximate surface area is 156 Å². The molecular weight excluding hydrogens is 372 g/mol. The highest BCUT2D eigenvalue weighted by Crippen LogP contribution is 2.15. The molecule has 1 fully saturated rings. The fraction of sp³-hybridized carbons (Fsp3) is 0.294. The molecule has 0 spiro atoms. The van der Waals surface area contributed by atoms with Crippen molar-refractivity contribution in [3.8, 4) is 0 Å². The van der Waals surface area contributed by atoms with Gasteiger partial charge in [-0.05, 0) is 36.8 Å². The van der Waals surface area contributed by atoms with Crippen molar-refractivity contribution in [2.24, 2.45) is 0 Å². The highest BCUT2D eigenvalue weighted by atomic mass is 32.2. The second-order valence-corrected chi connectivity index (χ2v) is 8.26. The maximum atomic E-state index is 12.3. The van der Waals surface area contributed by atoms with Gasteiger partial charge in [0, 0.05) is 17.9 Å². The summed E-state index contributed by atoms with van der Waals surface area (Å²) in [4.78, 5) is 31.9. The number of carbonyl (C=O) groups is 2. The Bertz CT molecular complexity index is 960. The molecule has 1 unspecified atom stereocenters. The van der Waals surface area contributed by atoms with E-state index in [4.69, 9.17) is 0 Å². The summed E-state index contributed by atoms with van der Waals surface area (Å²) >= 11 is 0. The van der Waals surface area contributed by atoms with Crippen molar-refractivity contribution < 1.29 is 22.7 Å². The van der Waals surface area contributed by atoms with Crippen LogP contribution in [0.3, 0.4) is 0 Å². The fourth-order valence-electron chi connectivity index (χ4n) is 2.65. The first-order valence-electron chi connectivity index (χ1n) is 8.16. The van der Waals surface area contributed by atoms with Crippen LogP contribution in [0.4, 0.5) is 11.6 Å². The van der Waals surface area contributed by atoms with Gasteiger partial charge in [0.15, 0.2) is 9.84 Å². The van der Waals surface area contributed by atoms with Crippen molar-refractivity contribution in [3.63, 3.8) is 0 Å². The maximum absolute atomic E-state index is 12.3. The predicted octanol–water partition coefficient (Wildman–Crippen LogP) is 0.924. The molecule has 2 heterocycles. The Morgan fingerprint density at radius 1 is 1.19 bits per heavy atom. The minimum Gasteiger partial charge on any atom is -0.465 e. The van der Waals surface area contributed by atoms with Gasteiger partial charge in [0.25, 0.3) is 5.91 Å². The molecule has 9 nitrogen and oxygen atoms in total. The number of sulfone groups is 1. The molecule has 0 aliphatic carbocycles. The molecule has 10 heteroatoms. The lowest BCUT2D eigenvalue weighted by Gasteiger charge is -2.11. The van der Waals surface area contributed by atoms with Crippen LogP contribution >= 0.6 is 0 Å². The molecule has 1 atom stereocenters. The van der Waals surface area contributed by atoms with E-state index >= 15 is 0 Å². The molecule has 0 radical (unpaired) electrons. The van der Waals surface area contributed by atoms with Gasteiger partial charge in [0.2, 0.25) is 5.95 Å². The Hall–Kier alpha value is -3.01. The lowest BCUT2D eigenvalue weighted by Crippen LogP contribution is -2.36. The second-order valence-electron chi connectivity index (χ2n) is 6.03. The van der Waals surface area contributed by atoms with Gasteiger partial charge in [-0.25, -0.2) is 23.2 Å². The first-order valence-corrected chi connectivity index (χ1v) is 9.98. The van der Waals surface area contributed by atoms with E-state index in [-0.39, 0.29) is 23.1 Å². The van der Waals surface area contributed by atoms with E-state index in [0.29, 0.717) is 17.7 Å². The Kier molecular flexibility index (Phi) is 5.36. The maximum Gasteiger partial charge on any atom is 0.337 e. The summed E-state index contributed by atoms with van der Waals surface area (Å²) in [5.74, 6) is -0.668. The normalized spacial score (nSPS) is 17.9. The smallest absolute Gasteiger partial charge is 0.337 e. The van der Waals surface area contributed by atoms with Gasteiger partial charge in [0.05, 0.1) is 24.2 Å². The number of rotatable bonds is 5. The first kappa shape index (κ1) is 18.8. The van der Waals surface area contributed by atoms with Crippen LogP contribution in [0.5, 0.6) is 0 Å². The molecule has 2 N–H and O–H groups in total.